The average Bonchev–Trinajstić information content (AvgIpc) is 3.47. The zero-order valence-corrected chi connectivity index (χ0v) is 22.8. The van der Waals surface area contributed by atoms with E-state index in [0.29, 0.717) is 57.5 Å². The van der Waals surface area contributed by atoms with Crippen LogP contribution in [0.4, 0.5) is 5.82 Å². The predicted molar refractivity (Wildman–Crippen MR) is 145 cm³/mol. The van der Waals surface area contributed by atoms with Crippen LogP contribution in [-0.2, 0) is 16.0 Å². The van der Waals surface area contributed by atoms with Gasteiger partial charge in [-0.2, -0.15) is 4.98 Å². The third-order valence-electron chi connectivity index (χ3n) is 6.63. The summed E-state index contributed by atoms with van der Waals surface area (Å²) in [4.78, 5) is 43.2. The fourth-order valence-electron chi connectivity index (χ4n) is 4.72. The molecule has 1 saturated heterocycles. The molecule has 2 aromatic heterocycles. The molecule has 5 rings (SSSR count). The van der Waals surface area contributed by atoms with Crippen LogP contribution in [-0.4, -0.2) is 81.7 Å². The summed E-state index contributed by atoms with van der Waals surface area (Å²) in [5.74, 6) is 2.37. The Kier molecular flexibility index (Phi) is 8.16. The van der Waals surface area contributed by atoms with Gasteiger partial charge in [0.25, 0.3) is 0 Å². The minimum Gasteiger partial charge on any atom is -0.486 e. The Labute approximate surface area is 232 Å². The number of rotatable bonds is 8. The topological polar surface area (TPSA) is 115 Å². The molecule has 1 unspecified atom stereocenters. The van der Waals surface area contributed by atoms with E-state index in [-0.39, 0.29) is 29.4 Å². The fourth-order valence-corrected chi connectivity index (χ4v) is 4.89. The van der Waals surface area contributed by atoms with Gasteiger partial charge in [0.1, 0.15) is 36.6 Å². The number of hydrogen-bond acceptors (Lipinski definition) is 8. The second-order valence-electron chi connectivity index (χ2n) is 9.98. The van der Waals surface area contributed by atoms with E-state index >= 15 is 0 Å². The Bertz CT molecular complexity index is 1320. The number of benzene rings is 1. The number of amides is 2. The number of imidazole rings is 1. The molecular formula is C27H32ClN7O4. The lowest BCUT2D eigenvalue weighted by molar-refractivity contribution is -0.141. The van der Waals surface area contributed by atoms with Gasteiger partial charge in [0, 0.05) is 51.1 Å². The van der Waals surface area contributed by atoms with E-state index < -0.39 is 6.04 Å². The molecule has 0 aliphatic carbocycles. The number of ether oxygens (including phenoxy) is 2. The minimum atomic E-state index is -0.671. The average molecular weight is 554 g/mol. The van der Waals surface area contributed by atoms with Crippen molar-refractivity contribution in [2.24, 2.45) is 5.92 Å². The van der Waals surface area contributed by atoms with Crippen molar-refractivity contribution in [3.05, 3.63) is 53.7 Å². The largest absolute Gasteiger partial charge is 0.486 e. The van der Waals surface area contributed by atoms with Crippen molar-refractivity contribution in [1.82, 2.24) is 29.7 Å². The molecule has 206 valence electrons. The van der Waals surface area contributed by atoms with Crippen molar-refractivity contribution in [3.8, 4) is 17.4 Å². The van der Waals surface area contributed by atoms with Crippen molar-refractivity contribution in [1.29, 1.82) is 0 Å². The molecule has 1 atom stereocenters. The second-order valence-corrected chi connectivity index (χ2v) is 10.4. The Morgan fingerprint density at radius 3 is 2.72 bits per heavy atom. The quantitative estimate of drug-likeness (QED) is 0.423. The lowest BCUT2D eigenvalue weighted by Crippen LogP contribution is -2.61. The molecule has 39 heavy (non-hydrogen) atoms. The number of fused-ring (bicyclic) bond motifs is 1. The Morgan fingerprint density at radius 2 is 1.95 bits per heavy atom. The highest BCUT2D eigenvalue weighted by Crippen LogP contribution is 2.31. The maximum Gasteiger partial charge on any atom is 0.244 e. The maximum atomic E-state index is 13.5. The number of carbonyl (C=O) groups excluding carboxylic acids is 2. The van der Waals surface area contributed by atoms with E-state index in [2.05, 4.69) is 20.3 Å². The number of aromatic nitrogens is 4. The van der Waals surface area contributed by atoms with Crippen LogP contribution in [0.25, 0.3) is 5.95 Å². The summed E-state index contributed by atoms with van der Waals surface area (Å²) >= 11 is 6.32. The lowest BCUT2D eigenvalue weighted by atomic mass is 10.1. The first-order valence-corrected chi connectivity index (χ1v) is 13.5. The molecule has 11 nitrogen and oxygen atoms in total. The molecule has 0 spiro atoms. The second kappa shape index (κ2) is 11.9. The number of halogens is 1. The standard InChI is InChI=1S/C27H32ClN7O4/c1-18(2)13-25(36)35-10-9-33(24-15-23(28)31-27(32-24)34-8-7-29-17-34)16-20(35)26(37)30-6-5-19-3-4-21-22(14-19)39-12-11-38-21/h3-4,7-8,14-15,17-18,20H,5-6,9-13,16H2,1-2H3,(H,30,37). The normalized spacial score (nSPS) is 16.9. The van der Waals surface area contributed by atoms with Crippen LogP contribution in [0.2, 0.25) is 5.15 Å². The van der Waals surface area contributed by atoms with Gasteiger partial charge in [-0.05, 0) is 30.0 Å². The Morgan fingerprint density at radius 1 is 1.13 bits per heavy atom. The molecule has 4 heterocycles. The summed E-state index contributed by atoms with van der Waals surface area (Å²) in [5, 5.41) is 3.31. The fraction of sp³-hybridized carbons (Fsp3) is 0.444. The van der Waals surface area contributed by atoms with Gasteiger partial charge in [0.15, 0.2) is 11.5 Å². The molecule has 2 aliphatic heterocycles. The zero-order valence-electron chi connectivity index (χ0n) is 22.0. The summed E-state index contributed by atoms with van der Waals surface area (Å²) in [5.41, 5.74) is 1.03. The van der Waals surface area contributed by atoms with E-state index in [1.165, 1.54) is 0 Å². The highest BCUT2D eigenvalue weighted by atomic mass is 35.5. The number of carbonyl (C=O) groups is 2. The van der Waals surface area contributed by atoms with Crippen LogP contribution in [0.1, 0.15) is 25.8 Å². The van der Waals surface area contributed by atoms with E-state index in [9.17, 15) is 9.59 Å². The molecule has 3 aromatic rings. The van der Waals surface area contributed by atoms with Gasteiger partial charge < -0.3 is 24.6 Å². The third-order valence-corrected chi connectivity index (χ3v) is 6.83. The highest BCUT2D eigenvalue weighted by molar-refractivity contribution is 6.29. The van der Waals surface area contributed by atoms with Crippen molar-refractivity contribution in [2.45, 2.75) is 32.7 Å². The molecule has 2 aliphatic rings. The number of hydrogen-bond donors (Lipinski definition) is 1. The molecule has 0 saturated carbocycles. The first-order chi connectivity index (χ1) is 18.9. The van der Waals surface area contributed by atoms with E-state index in [0.717, 1.165) is 17.1 Å². The number of anilines is 1. The third kappa shape index (κ3) is 6.42. The van der Waals surface area contributed by atoms with Crippen molar-refractivity contribution in [3.63, 3.8) is 0 Å². The van der Waals surface area contributed by atoms with Crippen LogP contribution in [0.5, 0.6) is 11.5 Å². The van der Waals surface area contributed by atoms with Gasteiger partial charge in [-0.3, -0.25) is 14.2 Å². The SMILES string of the molecule is CC(C)CC(=O)N1CCN(c2cc(Cl)nc(-n3ccnc3)n2)CC1C(=O)NCCc1ccc2c(c1)OCCO2. The van der Waals surface area contributed by atoms with Gasteiger partial charge in [0.2, 0.25) is 17.8 Å². The molecule has 2 amide bonds. The zero-order chi connectivity index (χ0) is 27.4. The maximum absolute atomic E-state index is 13.5. The first kappa shape index (κ1) is 26.7. The summed E-state index contributed by atoms with van der Waals surface area (Å²) in [6.45, 7) is 6.68. The number of nitrogens with zero attached hydrogens (tertiary/aromatic N) is 6. The van der Waals surface area contributed by atoms with Crippen LogP contribution >= 0.6 is 11.6 Å². The predicted octanol–water partition coefficient (Wildman–Crippen LogP) is 2.51. The molecule has 1 aromatic carbocycles. The van der Waals surface area contributed by atoms with Gasteiger partial charge in [-0.25, -0.2) is 9.97 Å². The Balaban J connectivity index is 1.29. The summed E-state index contributed by atoms with van der Waals surface area (Å²) in [6, 6.07) is 6.80. The van der Waals surface area contributed by atoms with Crippen LogP contribution in [0.15, 0.2) is 43.0 Å². The molecule has 1 N–H and O–H groups in total. The monoisotopic (exact) mass is 553 g/mol. The molecule has 0 radical (unpaired) electrons. The van der Waals surface area contributed by atoms with E-state index in [1.54, 1.807) is 34.3 Å². The van der Waals surface area contributed by atoms with Crippen LogP contribution < -0.4 is 19.7 Å². The number of nitrogens with one attached hydrogen (secondary N) is 1. The summed E-state index contributed by atoms with van der Waals surface area (Å²) in [7, 11) is 0. The first-order valence-electron chi connectivity index (χ1n) is 13.1. The smallest absolute Gasteiger partial charge is 0.244 e. The van der Waals surface area contributed by atoms with Gasteiger partial charge >= 0.3 is 0 Å². The molecule has 0 bridgehead atoms. The van der Waals surface area contributed by atoms with Crippen LogP contribution in [0, 0.1) is 5.92 Å². The molecule has 1 fully saturated rings. The lowest BCUT2D eigenvalue weighted by Gasteiger charge is -2.41. The van der Waals surface area contributed by atoms with Gasteiger partial charge in [-0.1, -0.05) is 31.5 Å². The van der Waals surface area contributed by atoms with E-state index in [1.807, 2.05) is 36.9 Å². The van der Waals surface area contributed by atoms with Crippen LogP contribution in [0.3, 0.4) is 0 Å². The van der Waals surface area contributed by atoms with Gasteiger partial charge in [-0.15, -0.1) is 0 Å². The van der Waals surface area contributed by atoms with Crippen molar-refractivity contribution >= 4 is 29.2 Å². The Hall–Kier alpha value is -3.86. The summed E-state index contributed by atoms with van der Waals surface area (Å²) in [6.07, 6.45) is 5.96. The summed E-state index contributed by atoms with van der Waals surface area (Å²) < 4.78 is 12.9. The van der Waals surface area contributed by atoms with Crippen molar-refractivity contribution < 1.29 is 19.1 Å². The van der Waals surface area contributed by atoms with Crippen molar-refractivity contribution in [2.75, 3.05) is 44.3 Å². The minimum absolute atomic E-state index is 0.0311. The highest BCUT2D eigenvalue weighted by Gasteiger charge is 2.36. The van der Waals surface area contributed by atoms with E-state index in [4.69, 9.17) is 21.1 Å². The molecule has 12 heteroatoms. The van der Waals surface area contributed by atoms with Gasteiger partial charge in [0.05, 0.1) is 0 Å². The number of piperazine rings is 1. The molecular weight excluding hydrogens is 522 g/mol.